The molecule has 1 N–H and O–H groups in total. The Hall–Kier alpha value is -1.36. The van der Waals surface area contributed by atoms with Gasteiger partial charge in [-0.25, -0.2) is 0 Å². The number of carboxylic acids is 1. The summed E-state index contributed by atoms with van der Waals surface area (Å²) in [5.41, 5.74) is 2.54. The molecule has 0 spiro atoms. The van der Waals surface area contributed by atoms with Crippen molar-refractivity contribution in [1.29, 1.82) is 0 Å². The van der Waals surface area contributed by atoms with Crippen molar-refractivity contribution in [1.82, 2.24) is 14.7 Å². The van der Waals surface area contributed by atoms with Crippen molar-refractivity contribution in [3.05, 3.63) is 17.0 Å². The van der Waals surface area contributed by atoms with Crippen molar-refractivity contribution >= 4 is 5.97 Å². The van der Waals surface area contributed by atoms with Gasteiger partial charge < -0.3 is 5.11 Å². The summed E-state index contributed by atoms with van der Waals surface area (Å²) in [4.78, 5) is 13.4. The molecule has 5 heteroatoms. The summed E-state index contributed by atoms with van der Waals surface area (Å²) in [5.74, 6) is -0.812. The van der Waals surface area contributed by atoms with Crippen molar-refractivity contribution < 1.29 is 9.90 Å². The zero-order chi connectivity index (χ0) is 13.9. The summed E-state index contributed by atoms with van der Waals surface area (Å²) in [7, 11) is 3.71. The fraction of sp³-hybridized carbons (Fsp3) is 0.692. The second-order valence-corrected chi connectivity index (χ2v) is 4.78. The topological polar surface area (TPSA) is 58.4 Å². The maximum Gasteiger partial charge on any atom is 0.325 e. The number of rotatable bonds is 6. The average Bonchev–Trinajstić information content (AvgIpc) is 2.53. The number of hydrogen-bond donors (Lipinski definition) is 1. The summed E-state index contributed by atoms with van der Waals surface area (Å²) >= 11 is 0. The van der Waals surface area contributed by atoms with E-state index < -0.39 is 12.0 Å². The van der Waals surface area contributed by atoms with Crippen LogP contribution in [0.3, 0.4) is 0 Å². The van der Waals surface area contributed by atoms with Crippen LogP contribution in [0.25, 0.3) is 0 Å². The number of aryl methyl sites for hydroxylation is 2. The molecule has 0 saturated heterocycles. The molecule has 102 valence electrons. The Morgan fingerprint density at radius 3 is 2.50 bits per heavy atom. The van der Waals surface area contributed by atoms with Crippen molar-refractivity contribution in [2.45, 2.75) is 39.7 Å². The van der Waals surface area contributed by atoms with Gasteiger partial charge in [0.25, 0.3) is 0 Å². The van der Waals surface area contributed by atoms with E-state index in [1.54, 1.807) is 4.68 Å². The van der Waals surface area contributed by atoms with Crippen LogP contribution in [0, 0.1) is 13.8 Å². The molecule has 1 unspecified atom stereocenters. The van der Waals surface area contributed by atoms with E-state index in [4.69, 9.17) is 0 Å². The molecule has 5 nitrogen and oxygen atoms in total. The fourth-order valence-electron chi connectivity index (χ4n) is 2.25. The van der Waals surface area contributed by atoms with Crippen molar-refractivity contribution in [2.24, 2.45) is 7.05 Å². The second kappa shape index (κ2) is 6.00. The minimum Gasteiger partial charge on any atom is -0.480 e. The number of likely N-dealkylation sites (N-methyl/N-ethyl adjacent to an activating group) is 1. The van der Waals surface area contributed by atoms with E-state index in [2.05, 4.69) is 12.0 Å². The zero-order valence-electron chi connectivity index (χ0n) is 11.9. The first-order valence-electron chi connectivity index (χ1n) is 6.33. The molecule has 0 fully saturated rings. The van der Waals surface area contributed by atoms with E-state index in [0.29, 0.717) is 0 Å². The van der Waals surface area contributed by atoms with Crippen molar-refractivity contribution in [3.8, 4) is 0 Å². The van der Waals surface area contributed by atoms with Crippen LogP contribution >= 0.6 is 0 Å². The first-order chi connectivity index (χ1) is 8.40. The predicted molar refractivity (Wildman–Crippen MR) is 70.6 cm³/mol. The van der Waals surface area contributed by atoms with Crippen LogP contribution in [0.4, 0.5) is 0 Å². The van der Waals surface area contributed by atoms with E-state index in [1.807, 2.05) is 32.8 Å². The Bertz CT molecular complexity index is 426. The third-order valence-electron chi connectivity index (χ3n) is 3.38. The molecular formula is C13H23N3O2. The Labute approximate surface area is 108 Å². The predicted octanol–water partition coefficient (Wildman–Crippen LogP) is 1.89. The van der Waals surface area contributed by atoms with E-state index in [1.165, 1.54) is 0 Å². The lowest BCUT2D eigenvalue weighted by atomic mass is 10.0. The lowest BCUT2D eigenvalue weighted by Crippen LogP contribution is -2.32. The van der Waals surface area contributed by atoms with Gasteiger partial charge in [0.05, 0.1) is 5.69 Å². The quantitative estimate of drug-likeness (QED) is 0.841. The number of hydrogen-bond acceptors (Lipinski definition) is 3. The molecule has 1 aromatic heterocycles. The lowest BCUT2D eigenvalue weighted by molar-refractivity contribution is -0.143. The SMILES string of the molecule is CCCCN(C)C(C(=O)O)c1c(C)nn(C)c1C. The number of nitrogens with zero attached hydrogens (tertiary/aromatic N) is 3. The highest BCUT2D eigenvalue weighted by Gasteiger charge is 2.29. The summed E-state index contributed by atoms with van der Waals surface area (Å²) < 4.78 is 1.74. The second-order valence-electron chi connectivity index (χ2n) is 4.78. The number of unbranched alkanes of at least 4 members (excludes halogenated alkanes) is 1. The molecule has 0 amide bonds. The molecule has 0 aliphatic carbocycles. The molecule has 0 bridgehead atoms. The summed E-state index contributed by atoms with van der Waals surface area (Å²) in [6.45, 7) is 6.66. The maximum absolute atomic E-state index is 11.5. The molecule has 1 atom stereocenters. The molecule has 0 saturated carbocycles. The van der Waals surface area contributed by atoms with Crippen LogP contribution in [0.15, 0.2) is 0 Å². The van der Waals surface area contributed by atoms with Crippen molar-refractivity contribution in [3.63, 3.8) is 0 Å². The van der Waals surface area contributed by atoms with Crippen molar-refractivity contribution in [2.75, 3.05) is 13.6 Å². The van der Waals surface area contributed by atoms with E-state index in [0.717, 1.165) is 36.3 Å². The van der Waals surface area contributed by atoms with Crippen LogP contribution in [0.1, 0.15) is 42.8 Å². The highest BCUT2D eigenvalue weighted by Crippen LogP contribution is 2.26. The van der Waals surface area contributed by atoms with E-state index in [-0.39, 0.29) is 0 Å². The fourth-order valence-corrected chi connectivity index (χ4v) is 2.25. The molecule has 1 heterocycles. The largest absolute Gasteiger partial charge is 0.480 e. The van der Waals surface area contributed by atoms with Gasteiger partial charge in [-0.2, -0.15) is 5.10 Å². The van der Waals surface area contributed by atoms with Gasteiger partial charge in [-0.3, -0.25) is 14.4 Å². The Balaban J connectivity index is 3.08. The van der Waals surface area contributed by atoms with Gasteiger partial charge in [-0.15, -0.1) is 0 Å². The van der Waals surface area contributed by atoms with Crippen LogP contribution in [-0.2, 0) is 11.8 Å². The highest BCUT2D eigenvalue weighted by atomic mass is 16.4. The van der Waals surface area contributed by atoms with Gasteiger partial charge in [0.15, 0.2) is 0 Å². The Morgan fingerprint density at radius 1 is 1.50 bits per heavy atom. The first-order valence-corrected chi connectivity index (χ1v) is 6.33. The molecule has 0 aliphatic rings. The third-order valence-corrected chi connectivity index (χ3v) is 3.38. The van der Waals surface area contributed by atoms with Crippen LogP contribution in [0.2, 0.25) is 0 Å². The number of carbonyl (C=O) groups is 1. The smallest absolute Gasteiger partial charge is 0.325 e. The normalized spacial score (nSPS) is 13.0. The maximum atomic E-state index is 11.5. The molecule has 18 heavy (non-hydrogen) atoms. The van der Waals surface area contributed by atoms with Gasteiger partial charge in [-0.05, 0) is 33.9 Å². The zero-order valence-corrected chi connectivity index (χ0v) is 11.9. The van der Waals surface area contributed by atoms with Crippen LogP contribution in [0.5, 0.6) is 0 Å². The van der Waals surface area contributed by atoms with Gasteiger partial charge in [0.1, 0.15) is 6.04 Å². The van der Waals surface area contributed by atoms with E-state index >= 15 is 0 Å². The minimum atomic E-state index is -0.812. The molecule has 0 radical (unpaired) electrons. The van der Waals surface area contributed by atoms with Gasteiger partial charge in [-0.1, -0.05) is 13.3 Å². The first kappa shape index (κ1) is 14.7. The minimum absolute atomic E-state index is 0.606. The van der Waals surface area contributed by atoms with Gasteiger partial charge >= 0.3 is 5.97 Å². The average molecular weight is 253 g/mol. The monoisotopic (exact) mass is 253 g/mol. The number of aliphatic carboxylic acids is 1. The highest BCUT2D eigenvalue weighted by molar-refractivity contribution is 5.76. The standard InChI is InChI=1S/C13H23N3O2/c1-6-7-8-15(4)12(13(17)18)11-9(2)14-16(5)10(11)3/h12H,6-8H2,1-5H3,(H,17,18). The van der Waals surface area contributed by atoms with Gasteiger partial charge in [0.2, 0.25) is 0 Å². The van der Waals surface area contributed by atoms with Crippen LogP contribution < -0.4 is 0 Å². The molecule has 0 aliphatic heterocycles. The summed E-state index contributed by atoms with van der Waals surface area (Å²) in [5, 5.41) is 13.8. The Kier molecular flexibility index (Phi) is 4.90. The number of carboxylic acid groups (broad SMARTS) is 1. The van der Waals surface area contributed by atoms with E-state index in [9.17, 15) is 9.90 Å². The lowest BCUT2D eigenvalue weighted by Gasteiger charge is -2.25. The Morgan fingerprint density at radius 2 is 2.11 bits per heavy atom. The summed E-state index contributed by atoms with van der Waals surface area (Å²) in [6.07, 6.45) is 2.06. The number of aromatic nitrogens is 2. The molecule has 0 aromatic carbocycles. The third kappa shape index (κ3) is 2.90. The molecular weight excluding hydrogens is 230 g/mol. The molecule has 1 rings (SSSR count). The van der Waals surface area contributed by atoms with Gasteiger partial charge in [0, 0.05) is 18.3 Å². The summed E-state index contributed by atoms with van der Waals surface area (Å²) in [6, 6.07) is -0.606. The van der Waals surface area contributed by atoms with Crippen LogP contribution in [-0.4, -0.2) is 39.3 Å². The molecule has 1 aromatic rings.